The van der Waals surface area contributed by atoms with Gasteiger partial charge in [-0.25, -0.2) is 0 Å². The molecular formula is C16H22N2O4S. The summed E-state index contributed by atoms with van der Waals surface area (Å²) in [6.45, 7) is 1.03. The van der Waals surface area contributed by atoms with Crippen LogP contribution in [0.15, 0.2) is 24.3 Å². The van der Waals surface area contributed by atoms with Crippen molar-refractivity contribution in [2.24, 2.45) is 5.73 Å². The van der Waals surface area contributed by atoms with Gasteiger partial charge in [0.2, 0.25) is 11.8 Å². The Morgan fingerprint density at radius 2 is 2.13 bits per heavy atom. The van der Waals surface area contributed by atoms with Crippen molar-refractivity contribution in [2.75, 3.05) is 25.2 Å². The Balaban J connectivity index is 1.95. The second-order valence-electron chi connectivity index (χ2n) is 5.33. The number of rotatable bonds is 7. The van der Waals surface area contributed by atoms with E-state index in [9.17, 15) is 9.59 Å². The van der Waals surface area contributed by atoms with Gasteiger partial charge in [-0.1, -0.05) is 0 Å². The molecule has 1 aromatic carbocycles. The van der Waals surface area contributed by atoms with E-state index in [0.29, 0.717) is 30.9 Å². The predicted molar refractivity (Wildman–Crippen MR) is 89.7 cm³/mol. The highest BCUT2D eigenvalue weighted by atomic mass is 32.2. The molecule has 1 fully saturated rings. The van der Waals surface area contributed by atoms with E-state index in [-0.39, 0.29) is 18.1 Å². The number of amides is 2. The number of nitrogens with one attached hydrogen (secondary N) is 1. The fraction of sp³-hybridized carbons (Fsp3) is 0.500. The number of ether oxygens (including phenoxy) is 2. The molecule has 1 aromatic rings. The lowest BCUT2D eigenvalue weighted by atomic mass is 10.1. The Bertz CT molecular complexity index is 535. The molecule has 0 aromatic heterocycles. The molecule has 1 saturated heterocycles. The van der Waals surface area contributed by atoms with Crippen molar-refractivity contribution in [1.82, 2.24) is 5.32 Å². The summed E-state index contributed by atoms with van der Waals surface area (Å²) in [6.07, 6.45) is 2.94. The smallest absolute Gasteiger partial charge is 0.248 e. The molecule has 0 bridgehead atoms. The number of hydrogen-bond acceptors (Lipinski definition) is 5. The van der Waals surface area contributed by atoms with Crippen molar-refractivity contribution in [1.29, 1.82) is 0 Å². The molecule has 0 aliphatic carbocycles. The van der Waals surface area contributed by atoms with Gasteiger partial charge in [0, 0.05) is 24.3 Å². The molecule has 0 spiro atoms. The van der Waals surface area contributed by atoms with Crippen molar-refractivity contribution >= 4 is 23.6 Å². The van der Waals surface area contributed by atoms with Gasteiger partial charge in [-0.05, 0) is 36.9 Å². The molecule has 1 aliphatic heterocycles. The highest BCUT2D eigenvalue weighted by molar-refractivity contribution is 7.98. The summed E-state index contributed by atoms with van der Waals surface area (Å²) in [4.78, 5) is 23.0. The number of carbonyl (C=O) groups excluding carboxylic acids is 2. The van der Waals surface area contributed by atoms with E-state index >= 15 is 0 Å². The van der Waals surface area contributed by atoms with Crippen LogP contribution in [0.25, 0.3) is 0 Å². The summed E-state index contributed by atoms with van der Waals surface area (Å²) >= 11 is 1.64. The number of carbonyl (C=O) groups is 2. The molecule has 7 heteroatoms. The van der Waals surface area contributed by atoms with Gasteiger partial charge in [-0.2, -0.15) is 11.8 Å². The van der Waals surface area contributed by atoms with Crippen LogP contribution >= 0.6 is 11.8 Å². The first kappa shape index (κ1) is 17.6. The zero-order valence-electron chi connectivity index (χ0n) is 13.1. The lowest BCUT2D eigenvalue weighted by Crippen LogP contribution is -2.51. The minimum Gasteiger partial charge on any atom is -0.486 e. The van der Waals surface area contributed by atoms with E-state index in [1.165, 1.54) is 0 Å². The van der Waals surface area contributed by atoms with E-state index < -0.39 is 5.91 Å². The molecule has 0 saturated carbocycles. The Kier molecular flexibility index (Phi) is 6.73. The molecule has 3 N–H and O–H groups in total. The molecule has 23 heavy (non-hydrogen) atoms. The van der Waals surface area contributed by atoms with Gasteiger partial charge in [-0.3, -0.25) is 9.59 Å². The van der Waals surface area contributed by atoms with Crippen LogP contribution in [0.3, 0.4) is 0 Å². The van der Waals surface area contributed by atoms with E-state index in [4.69, 9.17) is 15.2 Å². The van der Waals surface area contributed by atoms with Gasteiger partial charge in [0.25, 0.3) is 0 Å². The van der Waals surface area contributed by atoms with Crippen molar-refractivity contribution < 1.29 is 19.1 Å². The Labute approximate surface area is 140 Å². The summed E-state index contributed by atoms with van der Waals surface area (Å²) in [6, 6.07) is 6.55. The zero-order valence-corrected chi connectivity index (χ0v) is 13.9. The van der Waals surface area contributed by atoms with Gasteiger partial charge in [0.1, 0.15) is 11.9 Å². The van der Waals surface area contributed by atoms with E-state index in [1.54, 1.807) is 36.0 Å². The van der Waals surface area contributed by atoms with Crippen LogP contribution in [0.4, 0.5) is 0 Å². The predicted octanol–water partition coefficient (Wildman–Crippen LogP) is 1.19. The third-order valence-electron chi connectivity index (χ3n) is 3.61. The van der Waals surface area contributed by atoms with Gasteiger partial charge < -0.3 is 20.5 Å². The topological polar surface area (TPSA) is 90.7 Å². The lowest BCUT2D eigenvalue weighted by molar-refractivity contribution is -0.123. The minimum atomic E-state index is -0.475. The third kappa shape index (κ3) is 5.44. The minimum absolute atomic E-state index is 0.0314. The molecule has 1 heterocycles. The molecule has 126 valence electrons. The van der Waals surface area contributed by atoms with Crippen LogP contribution in [0.2, 0.25) is 0 Å². The first-order chi connectivity index (χ1) is 11.1. The highest BCUT2D eigenvalue weighted by Crippen LogP contribution is 2.18. The van der Waals surface area contributed by atoms with Gasteiger partial charge >= 0.3 is 0 Å². The number of thioether (sulfide) groups is 1. The maximum absolute atomic E-state index is 11.9. The maximum atomic E-state index is 11.9. The average Bonchev–Trinajstić information content (AvgIpc) is 2.55. The normalized spacial score (nSPS) is 20.7. The Morgan fingerprint density at radius 3 is 2.78 bits per heavy atom. The second-order valence-corrected chi connectivity index (χ2v) is 6.31. The van der Waals surface area contributed by atoms with Crippen LogP contribution in [-0.4, -0.2) is 49.2 Å². The van der Waals surface area contributed by atoms with E-state index in [2.05, 4.69) is 5.32 Å². The van der Waals surface area contributed by atoms with E-state index in [0.717, 1.165) is 12.2 Å². The molecule has 2 amide bonds. The van der Waals surface area contributed by atoms with Gasteiger partial charge in [0.05, 0.1) is 12.6 Å². The van der Waals surface area contributed by atoms with Crippen molar-refractivity contribution in [3.8, 4) is 5.75 Å². The summed E-state index contributed by atoms with van der Waals surface area (Å²) in [5.74, 6) is 0.976. The largest absolute Gasteiger partial charge is 0.486 e. The molecule has 1 aliphatic rings. The quantitative estimate of drug-likeness (QED) is 0.779. The molecule has 2 atom stereocenters. The number of hydrogen-bond donors (Lipinski definition) is 2. The average molecular weight is 338 g/mol. The van der Waals surface area contributed by atoms with Crippen LogP contribution < -0.4 is 15.8 Å². The summed E-state index contributed by atoms with van der Waals surface area (Å²) in [7, 11) is 0. The highest BCUT2D eigenvalue weighted by Gasteiger charge is 2.28. The summed E-state index contributed by atoms with van der Waals surface area (Å²) in [5, 5.41) is 3.02. The maximum Gasteiger partial charge on any atom is 0.248 e. The number of nitrogens with two attached hydrogens (primary N) is 1. The van der Waals surface area contributed by atoms with Gasteiger partial charge in [0.15, 0.2) is 0 Å². The lowest BCUT2D eigenvalue weighted by Gasteiger charge is -2.32. The van der Waals surface area contributed by atoms with Crippen molar-refractivity contribution in [2.45, 2.75) is 25.0 Å². The SMILES string of the molecule is CSCCC(=O)N[C@@H]1CCOC[C@H]1Oc1ccc(C(N)=O)cc1. The second kappa shape index (κ2) is 8.79. The van der Waals surface area contributed by atoms with Crippen LogP contribution in [0.1, 0.15) is 23.2 Å². The molecule has 0 radical (unpaired) electrons. The van der Waals surface area contributed by atoms with Crippen LogP contribution in [0.5, 0.6) is 5.75 Å². The fourth-order valence-corrected chi connectivity index (χ4v) is 2.73. The van der Waals surface area contributed by atoms with Crippen molar-refractivity contribution in [3.05, 3.63) is 29.8 Å². The first-order valence-corrected chi connectivity index (χ1v) is 8.92. The number of primary amides is 1. The van der Waals surface area contributed by atoms with Gasteiger partial charge in [-0.15, -0.1) is 0 Å². The summed E-state index contributed by atoms with van der Waals surface area (Å²) in [5.41, 5.74) is 5.65. The van der Waals surface area contributed by atoms with Crippen LogP contribution in [-0.2, 0) is 9.53 Å². The number of benzene rings is 1. The standard InChI is InChI=1S/C16H22N2O4S/c1-23-9-7-15(19)18-13-6-8-21-10-14(13)22-12-4-2-11(3-5-12)16(17)20/h2-5,13-14H,6-10H2,1H3,(H2,17,20)(H,18,19)/t13-,14-/m1/s1. The molecular weight excluding hydrogens is 316 g/mol. The zero-order chi connectivity index (χ0) is 16.7. The Morgan fingerprint density at radius 1 is 1.39 bits per heavy atom. The molecule has 2 rings (SSSR count). The third-order valence-corrected chi connectivity index (χ3v) is 4.22. The fourth-order valence-electron chi connectivity index (χ4n) is 2.34. The first-order valence-electron chi connectivity index (χ1n) is 7.52. The summed E-state index contributed by atoms with van der Waals surface area (Å²) < 4.78 is 11.4. The molecule has 6 nitrogen and oxygen atoms in total. The monoisotopic (exact) mass is 338 g/mol. The molecule has 0 unspecified atom stereocenters. The van der Waals surface area contributed by atoms with E-state index in [1.807, 2.05) is 6.26 Å². The van der Waals surface area contributed by atoms with Crippen molar-refractivity contribution in [3.63, 3.8) is 0 Å². The Hall–Kier alpha value is -1.73. The van der Waals surface area contributed by atoms with Crippen LogP contribution in [0, 0.1) is 0 Å².